The van der Waals surface area contributed by atoms with Crippen molar-refractivity contribution in [1.29, 1.82) is 5.26 Å². The van der Waals surface area contributed by atoms with Crippen molar-refractivity contribution in [2.24, 2.45) is 0 Å². The zero-order chi connectivity index (χ0) is 13.2. The summed E-state index contributed by atoms with van der Waals surface area (Å²) in [4.78, 5) is 8.56. The Labute approximate surface area is 110 Å². The van der Waals surface area contributed by atoms with Crippen molar-refractivity contribution in [2.75, 3.05) is 5.73 Å². The van der Waals surface area contributed by atoms with E-state index in [1.54, 1.807) is 30.3 Å². The van der Waals surface area contributed by atoms with Gasteiger partial charge in [-0.1, -0.05) is 0 Å². The molecule has 1 aromatic heterocycles. The second kappa shape index (κ2) is 4.58. The van der Waals surface area contributed by atoms with Crippen LogP contribution in [-0.4, -0.2) is 9.97 Å². The molecular weight excluding hydrogens is 240 g/mol. The van der Waals surface area contributed by atoms with E-state index in [0.717, 1.165) is 18.7 Å². The molecule has 1 aromatic carbocycles. The quantitative estimate of drug-likeness (QED) is 0.907. The summed E-state index contributed by atoms with van der Waals surface area (Å²) in [5, 5.41) is 8.73. The third-order valence-electron chi connectivity index (χ3n) is 2.89. The Bertz CT molecular complexity index is 641. The predicted molar refractivity (Wildman–Crippen MR) is 69.7 cm³/mol. The molecule has 1 heterocycles. The first kappa shape index (κ1) is 11.5. The third kappa shape index (κ3) is 2.63. The molecule has 5 nitrogen and oxygen atoms in total. The number of ether oxygens (including phenoxy) is 1. The Morgan fingerprint density at radius 3 is 2.58 bits per heavy atom. The van der Waals surface area contributed by atoms with Crippen LogP contribution in [0.2, 0.25) is 0 Å². The minimum Gasteiger partial charge on any atom is -0.439 e. The van der Waals surface area contributed by atoms with Crippen LogP contribution in [0, 0.1) is 11.3 Å². The number of rotatable bonds is 3. The Balaban J connectivity index is 1.83. The fourth-order valence-electron chi connectivity index (χ4n) is 1.76. The van der Waals surface area contributed by atoms with E-state index in [4.69, 9.17) is 15.7 Å². The highest BCUT2D eigenvalue weighted by molar-refractivity contribution is 5.39. The van der Waals surface area contributed by atoms with E-state index in [1.807, 2.05) is 0 Å². The predicted octanol–water partition coefficient (Wildman–Crippen LogP) is 2.60. The summed E-state index contributed by atoms with van der Waals surface area (Å²) in [7, 11) is 0. The van der Waals surface area contributed by atoms with Gasteiger partial charge in [0.1, 0.15) is 17.4 Å². The summed E-state index contributed by atoms with van der Waals surface area (Å²) < 4.78 is 5.64. The van der Waals surface area contributed by atoms with E-state index in [9.17, 15) is 0 Å². The molecule has 0 amide bonds. The average Bonchev–Trinajstić information content (AvgIpc) is 3.23. The number of anilines is 1. The SMILES string of the molecule is N#Cc1ccc(Oc2cc(N)nc(C3CC3)n2)cc1. The highest BCUT2D eigenvalue weighted by Crippen LogP contribution is 2.39. The van der Waals surface area contributed by atoms with E-state index in [-0.39, 0.29) is 0 Å². The number of nitrogens with zero attached hydrogens (tertiary/aromatic N) is 3. The number of benzene rings is 1. The summed E-state index contributed by atoms with van der Waals surface area (Å²) in [6.45, 7) is 0. The van der Waals surface area contributed by atoms with Gasteiger partial charge in [-0.25, -0.2) is 4.98 Å². The van der Waals surface area contributed by atoms with Gasteiger partial charge in [0.25, 0.3) is 0 Å². The van der Waals surface area contributed by atoms with E-state index in [1.165, 1.54) is 0 Å². The van der Waals surface area contributed by atoms with Crippen molar-refractivity contribution >= 4 is 5.82 Å². The zero-order valence-corrected chi connectivity index (χ0v) is 10.2. The maximum Gasteiger partial charge on any atom is 0.224 e. The topological polar surface area (TPSA) is 84.8 Å². The van der Waals surface area contributed by atoms with Crippen molar-refractivity contribution < 1.29 is 4.74 Å². The zero-order valence-electron chi connectivity index (χ0n) is 10.2. The molecule has 3 rings (SSSR count). The highest BCUT2D eigenvalue weighted by atomic mass is 16.5. The van der Waals surface area contributed by atoms with E-state index < -0.39 is 0 Å². The van der Waals surface area contributed by atoms with Crippen LogP contribution in [0.3, 0.4) is 0 Å². The normalized spacial score (nSPS) is 13.8. The first-order valence-corrected chi connectivity index (χ1v) is 6.07. The van der Waals surface area contributed by atoms with E-state index >= 15 is 0 Å². The second-order valence-corrected chi connectivity index (χ2v) is 4.50. The monoisotopic (exact) mass is 252 g/mol. The molecule has 19 heavy (non-hydrogen) atoms. The van der Waals surface area contributed by atoms with Crippen molar-refractivity contribution in [3.8, 4) is 17.7 Å². The molecule has 2 N–H and O–H groups in total. The molecule has 0 atom stereocenters. The number of nitrogens with two attached hydrogens (primary N) is 1. The fraction of sp³-hybridized carbons (Fsp3) is 0.214. The van der Waals surface area contributed by atoms with Crippen LogP contribution in [0.4, 0.5) is 5.82 Å². The molecule has 0 aliphatic heterocycles. The summed E-state index contributed by atoms with van der Waals surface area (Å²) in [6, 6.07) is 10.5. The van der Waals surface area contributed by atoms with Gasteiger partial charge in [-0.15, -0.1) is 0 Å². The Morgan fingerprint density at radius 2 is 1.95 bits per heavy atom. The van der Waals surface area contributed by atoms with E-state index in [2.05, 4.69) is 16.0 Å². The standard InChI is InChI=1S/C14H12N4O/c15-8-9-1-5-11(6-2-9)19-13-7-12(16)17-14(18-13)10-3-4-10/h1-2,5-7,10H,3-4H2,(H2,16,17,18). The lowest BCUT2D eigenvalue weighted by Crippen LogP contribution is -2.00. The largest absolute Gasteiger partial charge is 0.439 e. The molecule has 2 aromatic rings. The fourth-order valence-corrected chi connectivity index (χ4v) is 1.76. The minimum absolute atomic E-state index is 0.417. The molecule has 0 spiro atoms. The number of nitriles is 1. The molecule has 0 bridgehead atoms. The van der Waals surface area contributed by atoms with Crippen LogP contribution in [-0.2, 0) is 0 Å². The summed E-state index contributed by atoms with van der Waals surface area (Å²) in [6.07, 6.45) is 2.22. The highest BCUT2D eigenvalue weighted by Gasteiger charge is 2.27. The number of aromatic nitrogens is 2. The van der Waals surface area contributed by atoms with Gasteiger partial charge in [0.05, 0.1) is 11.6 Å². The van der Waals surface area contributed by atoms with Crippen LogP contribution in [0.1, 0.15) is 30.1 Å². The van der Waals surface area contributed by atoms with Crippen LogP contribution in [0.15, 0.2) is 30.3 Å². The number of nitrogen functional groups attached to an aromatic ring is 1. The molecule has 5 heteroatoms. The Hall–Kier alpha value is -2.61. The Kier molecular flexibility index (Phi) is 2.76. The van der Waals surface area contributed by atoms with Gasteiger partial charge in [0, 0.05) is 12.0 Å². The van der Waals surface area contributed by atoms with Gasteiger partial charge < -0.3 is 10.5 Å². The molecule has 94 valence electrons. The van der Waals surface area contributed by atoms with Crippen LogP contribution in [0.5, 0.6) is 11.6 Å². The van der Waals surface area contributed by atoms with Crippen LogP contribution < -0.4 is 10.5 Å². The average molecular weight is 252 g/mol. The van der Waals surface area contributed by atoms with Gasteiger partial charge in [0.2, 0.25) is 5.88 Å². The number of hydrogen-bond donors (Lipinski definition) is 1. The maximum atomic E-state index is 8.73. The molecule has 1 saturated carbocycles. The summed E-state index contributed by atoms with van der Waals surface area (Å²) in [5.41, 5.74) is 6.34. The second-order valence-electron chi connectivity index (χ2n) is 4.50. The Morgan fingerprint density at radius 1 is 1.21 bits per heavy atom. The molecule has 1 fully saturated rings. The van der Waals surface area contributed by atoms with Crippen LogP contribution >= 0.6 is 0 Å². The van der Waals surface area contributed by atoms with Crippen molar-refractivity contribution in [1.82, 2.24) is 9.97 Å². The molecular formula is C14H12N4O. The van der Waals surface area contributed by atoms with E-state index in [0.29, 0.717) is 28.9 Å². The van der Waals surface area contributed by atoms with Crippen molar-refractivity contribution in [3.05, 3.63) is 41.7 Å². The van der Waals surface area contributed by atoms with Gasteiger partial charge in [-0.2, -0.15) is 10.2 Å². The minimum atomic E-state index is 0.417. The lowest BCUT2D eigenvalue weighted by molar-refractivity contribution is 0.459. The van der Waals surface area contributed by atoms with Crippen LogP contribution in [0.25, 0.3) is 0 Å². The lowest BCUT2D eigenvalue weighted by Gasteiger charge is -2.07. The van der Waals surface area contributed by atoms with Gasteiger partial charge in [-0.3, -0.25) is 0 Å². The smallest absolute Gasteiger partial charge is 0.224 e. The molecule has 0 radical (unpaired) electrons. The third-order valence-corrected chi connectivity index (χ3v) is 2.89. The first-order chi connectivity index (χ1) is 9.24. The number of hydrogen-bond acceptors (Lipinski definition) is 5. The van der Waals surface area contributed by atoms with Crippen molar-refractivity contribution in [2.45, 2.75) is 18.8 Å². The molecule has 0 saturated heterocycles. The molecule has 1 aliphatic rings. The van der Waals surface area contributed by atoms with Gasteiger partial charge >= 0.3 is 0 Å². The molecule has 0 unspecified atom stereocenters. The van der Waals surface area contributed by atoms with Gasteiger partial charge in [0.15, 0.2) is 0 Å². The summed E-state index contributed by atoms with van der Waals surface area (Å²) in [5.74, 6) is 2.66. The lowest BCUT2D eigenvalue weighted by atomic mass is 10.2. The summed E-state index contributed by atoms with van der Waals surface area (Å²) >= 11 is 0. The first-order valence-electron chi connectivity index (χ1n) is 6.07. The maximum absolute atomic E-state index is 8.73. The van der Waals surface area contributed by atoms with Crippen molar-refractivity contribution in [3.63, 3.8) is 0 Å². The van der Waals surface area contributed by atoms with Gasteiger partial charge in [-0.05, 0) is 37.1 Å². The molecule has 1 aliphatic carbocycles.